The molecule has 9 nitrogen and oxygen atoms in total. The van der Waals surface area contributed by atoms with Gasteiger partial charge in [0, 0.05) is 12.0 Å². The van der Waals surface area contributed by atoms with E-state index in [-0.39, 0.29) is 46.6 Å². The van der Waals surface area contributed by atoms with Crippen molar-refractivity contribution in [1.82, 2.24) is 20.8 Å². The van der Waals surface area contributed by atoms with E-state index in [1.807, 2.05) is 0 Å². The van der Waals surface area contributed by atoms with E-state index in [2.05, 4.69) is 55.4 Å². The Morgan fingerprint density at radius 3 is 2.62 bits per heavy atom. The molecule has 2 heterocycles. The Hall–Kier alpha value is -3.05. The number of aromatic nitrogens is 2. The van der Waals surface area contributed by atoms with Crippen LogP contribution in [0, 0.1) is 42.8 Å². The lowest BCUT2D eigenvalue weighted by atomic mass is 9.43. The molecular formula is C31H42BFN4O5. The average Bonchev–Trinajstić information content (AvgIpc) is 3.29. The van der Waals surface area contributed by atoms with E-state index in [4.69, 9.17) is 9.31 Å². The number of nitrogens with one attached hydrogen (secondary N) is 3. The second kappa shape index (κ2) is 11.2. The Labute approximate surface area is 246 Å². The van der Waals surface area contributed by atoms with E-state index in [1.54, 1.807) is 19.9 Å². The highest BCUT2D eigenvalue weighted by molar-refractivity contribution is 6.47. The quantitative estimate of drug-likeness (QED) is 0.390. The van der Waals surface area contributed by atoms with E-state index in [1.165, 1.54) is 12.1 Å². The molecule has 0 radical (unpaired) electrons. The molecule has 3 N–H and O–H groups in total. The Balaban J connectivity index is 1.21. The molecule has 4 fully saturated rings. The van der Waals surface area contributed by atoms with Gasteiger partial charge in [-0.25, -0.2) is 9.49 Å². The summed E-state index contributed by atoms with van der Waals surface area (Å²) < 4.78 is 27.7. The number of H-pyrrole nitrogens is 1. The maximum absolute atomic E-state index is 14.7. The van der Waals surface area contributed by atoms with Gasteiger partial charge in [-0.1, -0.05) is 33.8 Å². The molecule has 6 rings (SSSR count). The zero-order chi connectivity index (χ0) is 30.6. The smallest absolute Gasteiger partial charge is 0.404 e. The molecule has 226 valence electrons. The lowest BCUT2D eigenvalue weighted by Crippen LogP contribution is -2.65. The number of halogens is 1. The van der Waals surface area contributed by atoms with E-state index in [9.17, 15) is 18.8 Å². The summed E-state index contributed by atoms with van der Waals surface area (Å²) in [7, 11) is -0.569. The highest BCUT2D eigenvalue weighted by Crippen LogP contribution is 2.65. The van der Waals surface area contributed by atoms with Crippen LogP contribution in [0.15, 0.2) is 23.0 Å². The van der Waals surface area contributed by atoms with Crippen molar-refractivity contribution in [2.75, 3.05) is 6.54 Å². The van der Waals surface area contributed by atoms with Crippen molar-refractivity contribution in [3.8, 4) is 0 Å². The molecule has 11 heteroatoms. The topological polar surface area (TPSA) is 122 Å². The van der Waals surface area contributed by atoms with Crippen LogP contribution in [0.1, 0.15) is 86.6 Å². The maximum Gasteiger partial charge on any atom is 0.481 e. The minimum Gasteiger partial charge on any atom is -0.404 e. The summed E-state index contributed by atoms with van der Waals surface area (Å²) in [6, 6.07) is 4.24. The summed E-state index contributed by atoms with van der Waals surface area (Å²) in [6.07, 6.45) is 3.05. The SMILES string of the molecule is Cc1c(Cc2ccc(F)c(C(=O)NCC(=O)N[C@@H](CC(C)C)B3O[C@@H]4C[C@@H]5C[C@@H](C5(C)C)[C@]4(C)O3)c2)n[nH]c(=O)c1C. The molecule has 5 atom stereocenters. The van der Waals surface area contributed by atoms with Crippen molar-refractivity contribution in [3.05, 3.63) is 62.3 Å². The normalized spacial score (nSPS) is 26.4. The van der Waals surface area contributed by atoms with Gasteiger partial charge in [0.15, 0.2) is 0 Å². The van der Waals surface area contributed by atoms with Gasteiger partial charge in [0.05, 0.1) is 35.4 Å². The van der Waals surface area contributed by atoms with Crippen LogP contribution in [-0.2, 0) is 20.5 Å². The molecular weight excluding hydrogens is 538 g/mol. The number of amides is 2. The number of carbonyl (C=O) groups excluding carboxylic acids is 2. The van der Waals surface area contributed by atoms with Gasteiger partial charge in [-0.05, 0) is 86.5 Å². The summed E-state index contributed by atoms with van der Waals surface area (Å²) in [4.78, 5) is 37.7. The van der Waals surface area contributed by atoms with Crippen LogP contribution < -0.4 is 16.2 Å². The summed E-state index contributed by atoms with van der Waals surface area (Å²) in [5, 5.41) is 12.1. The number of hydrogen-bond donors (Lipinski definition) is 3. The Morgan fingerprint density at radius 1 is 1.19 bits per heavy atom. The first-order valence-corrected chi connectivity index (χ1v) is 14.9. The number of nitrogens with zero attached hydrogens (tertiary/aromatic N) is 1. The van der Waals surface area contributed by atoms with Crippen LogP contribution in [0.25, 0.3) is 0 Å². The Morgan fingerprint density at radius 2 is 1.93 bits per heavy atom. The molecule has 3 saturated carbocycles. The van der Waals surface area contributed by atoms with Crippen molar-refractivity contribution in [2.45, 2.75) is 91.8 Å². The number of carbonyl (C=O) groups is 2. The predicted molar refractivity (Wildman–Crippen MR) is 157 cm³/mol. The fourth-order valence-corrected chi connectivity index (χ4v) is 7.23. The van der Waals surface area contributed by atoms with Gasteiger partial charge >= 0.3 is 7.12 Å². The second-order valence-corrected chi connectivity index (χ2v) is 13.6. The molecule has 42 heavy (non-hydrogen) atoms. The van der Waals surface area contributed by atoms with Crippen LogP contribution in [0.2, 0.25) is 0 Å². The number of aromatic amines is 1. The van der Waals surface area contributed by atoms with E-state index >= 15 is 0 Å². The first kappa shape index (κ1) is 30.4. The van der Waals surface area contributed by atoms with Crippen molar-refractivity contribution < 1.29 is 23.3 Å². The van der Waals surface area contributed by atoms with Crippen molar-refractivity contribution in [3.63, 3.8) is 0 Å². The highest BCUT2D eigenvalue weighted by atomic mass is 19.1. The largest absolute Gasteiger partial charge is 0.481 e. The van der Waals surface area contributed by atoms with Gasteiger partial charge in [-0.15, -0.1) is 0 Å². The average molecular weight is 581 g/mol. The lowest BCUT2D eigenvalue weighted by Gasteiger charge is -2.64. The summed E-state index contributed by atoms with van der Waals surface area (Å²) in [5.41, 5.74) is 1.98. The zero-order valence-electron chi connectivity index (χ0n) is 25.6. The summed E-state index contributed by atoms with van der Waals surface area (Å²) >= 11 is 0. The standard InChI is InChI=1S/C31H42BFN4O5/c1-16(2)10-26(32-41-25-14-20-13-24(30(20,5)6)31(25,7)42-32)35-27(38)15-34-29(40)21-11-19(8-9-22(21)33)12-23-17(3)18(4)28(39)37-36-23/h8-9,11,16,20,24-26H,10,12-15H2,1-7H3,(H,34,40)(H,35,38)(H,37,39)/t20-,24-,25+,26-,31-/m0/s1. The van der Waals surface area contributed by atoms with Crippen LogP contribution in [-0.4, -0.2) is 53.3 Å². The number of hydrogen-bond acceptors (Lipinski definition) is 6. The summed E-state index contributed by atoms with van der Waals surface area (Å²) in [6.45, 7) is 14.1. The second-order valence-electron chi connectivity index (χ2n) is 13.6. The third kappa shape index (κ3) is 5.53. The van der Waals surface area contributed by atoms with Gasteiger partial charge in [-0.2, -0.15) is 5.10 Å². The minimum atomic E-state index is -0.693. The van der Waals surface area contributed by atoms with Gasteiger partial charge < -0.3 is 19.9 Å². The fraction of sp³-hybridized carbons (Fsp3) is 0.613. The van der Waals surface area contributed by atoms with Crippen LogP contribution in [0.4, 0.5) is 4.39 Å². The molecule has 0 spiro atoms. The molecule has 3 aliphatic carbocycles. The molecule has 2 bridgehead atoms. The number of rotatable bonds is 9. The van der Waals surface area contributed by atoms with E-state index in [0.717, 1.165) is 18.4 Å². The summed E-state index contributed by atoms with van der Waals surface area (Å²) in [5.74, 6) is -0.857. The van der Waals surface area contributed by atoms with Gasteiger partial charge in [-0.3, -0.25) is 14.4 Å². The van der Waals surface area contributed by atoms with Crippen molar-refractivity contribution >= 4 is 18.9 Å². The monoisotopic (exact) mass is 580 g/mol. The molecule has 1 aliphatic heterocycles. The van der Waals surface area contributed by atoms with Crippen LogP contribution in [0.3, 0.4) is 0 Å². The van der Waals surface area contributed by atoms with E-state index in [0.29, 0.717) is 41.5 Å². The fourth-order valence-electron chi connectivity index (χ4n) is 7.23. The Bertz CT molecular complexity index is 1440. The molecule has 1 aromatic heterocycles. The molecule has 1 saturated heterocycles. The first-order valence-electron chi connectivity index (χ1n) is 14.9. The van der Waals surface area contributed by atoms with Crippen LogP contribution >= 0.6 is 0 Å². The third-order valence-corrected chi connectivity index (χ3v) is 10.1. The molecule has 0 unspecified atom stereocenters. The minimum absolute atomic E-state index is 0.000158. The lowest BCUT2D eigenvalue weighted by molar-refractivity contribution is -0.199. The Kier molecular flexibility index (Phi) is 8.13. The highest BCUT2D eigenvalue weighted by Gasteiger charge is 2.68. The molecule has 1 aromatic carbocycles. The zero-order valence-corrected chi connectivity index (χ0v) is 25.6. The van der Waals surface area contributed by atoms with Gasteiger partial charge in [0.25, 0.3) is 11.5 Å². The van der Waals surface area contributed by atoms with Gasteiger partial charge in [0.1, 0.15) is 5.82 Å². The van der Waals surface area contributed by atoms with Crippen molar-refractivity contribution in [1.29, 1.82) is 0 Å². The maximum atomic E-state index is 14.7. The van der Waals surface area contributed by atoms with Crippen molar-refractivity contribution in [2.24, 2.45) is 23.2 Å². The van der Waals surface area contributed by atoms with Crippen LogP contribution in [0.5, 0.6) is 0 Å². The molecule has 4 aliphatic rings. The molecule has 2 amide bonds. The predicted octanol–water partition coefficient (Wildman–Crippen LogP) is 3.64. The first-order chi connectivity index (χ1) is 19.7. The molecule has 2 aromatic rings. The van der Waals surface area contributed by atoms with Gasteiger partial charge in [0.2, 0.25) is 5.91 Å². The third-order valence-electron chi connectivity index (χ3n) is 10.1. The van der Waals surface area contributed by atoms with E-state index < -0.39 is 24.7 Å². The number of benzene rings is 1.